The molecule has 0 aliphatic rings. The van der Waals surface area contributed by atoms with Gasteiger partial charge in [0.25, 0.3) is 0 Å². The number of halogens is 3. The van der Waals surface area contributed by atoms with E-state index in [9.17, 15) is 8.78 Å². The standard InChI is InChI=1S/C8H3BrF2S/c9-5-3-12-7-2-4(10)1-6(11)8(5)7/h1-3H. The quantitative estimate of drug-likeness (QED) is 0.663. The summed E-state index contributed by atoms with van der Waals surface area (Å²) in [5.41, 5.74) is 0. The molecule has 1 heterocycles. The van der Waals surface area contributed by atoms with Gasteiger partial charge in [-0.05, 0) is 22.0 Å². The molecule has 4 heteroatoms. The molecule has 62 valence electrons. The third-order valence-electron chi connectivity index (χ3n) is 1.55. The summed E-state index contributed by atoms with van der Waals surface area (Å²) in [6.45, 7) is 0. The zero-order valence-electron chi connectivity index (χ0n) is 5.77. The monoisotopic (exact) mass is 248 g/mol. The summed E-state index contributed by atoms with van der Waals surface area (Å²) in [6, 6.07) is 2.22. The van der Waals surface area contributed by atoms with Gasteiger partial charge in [-0.25, -0.2) is 8.78 Å². The second-order valence-corrected chi connectivity index (χ2v) is 4.11. The second kappa shape index (κ2) is 2.78. The molecule has 2 aromatic rings. The first-order valence-electron chi connectivity index (χ1n) is 3.20. The van der Waals surface area contributed by atoms with E-state index in [0.717, 1.165) is 6.07 Å². The summed E-state index contributed by atoms with van der Waals surface area (Å²) < 4.78 is 27.0. The highest BCUT2D eigenvalue weighted by Crippen LogP contribution is 2.32. The lowest BCUT2D eigenvalue weighted by Gasteiger charge is -1.93. The van der Waals surface area contributed by atoms with Crippen LogP contribution in [0.25, 0.3) is 10.1 Å². The molecule has 0 amide bonds. The predicted molar refractivity (Wildman–Crippen MR) is 49.4 cm³/mol. The van der Waals surface area contributed by atoms with Crippen LogP contribution in [0.5, 0.6) is 0 Å². The first-order valence-corrected chi connectivity index (χ1v) is 4.87. The van der Waals surface area contributed by atoms with Crippen molar-refractivity contribution in [1.82, 2.24) is 0 Å². The predicted octanol–water partition coefficient (Wildman–Crippen LogP) is 3.94. The van der Waals surface area contributed by atoms with Crippen molar-refractivity contribution in [2.24, 2.45) is 0 Å². The molecule has 0 bridgehead atoms. The molecule has 0 aliphatic carbocycles. The van der Waals surface area contributed by atoms with Crippen LogP contribution in [-0.4, -0.2) is 0 Å². The average Bonchev–Trinajstić information content (AvgIpc) is 2.31. The zero-order chi connectivity index (χ0) is 8.72. The molecule has 0 aliphatic heterocycles. The number of hydrogen-bond donors (Lipinski definition) is 0. The molecular formula is C8H3BrF2S. The van der Waals surface area contributed by atoms with E-state index in [2.05, 4.69) is 15.9 Å². The molecule has 12 heavy (non-hydrogen) atoms. The fraction of sp³-hybridized carbons (Fsp3) is 0. The van der Waals surface area contributed by atoms with E-state index in [-0.39, 0.29) is 0 Å². The number of fused-ring (bicyclic) bond motifs is 1. The van der Waals surface area contributed by atoms with E-state index in [1.807, 2.05) is 0 Å². The molecule has 0 saturated carbocycles. The maximum Gasteiger partial charge on any atom is 0.135 e. The Hall–Kier alpha value is -0.480. The lowest BCUT2D eigenvalue weighted by Crippen LogP contribution is -1.78. The molecular weight excluding hydrogens is 246 g/mol. The van der Waals surface area contributed by atoms with Gasteiger partial charge in [-0.3, -0.25) is 0 Å². The van der Waals surface area contributed by atoms with Gasteiger partial charge in [-0.2, -0.15) is 0 Å². The van der Waals surface area contributed by atoms with E-state index in [1.165, 1.54) is 17.4 Å². The molecule has 0 nitrogen and oxygen atoms in total. The number of rotatable bonds is 0. The van der Waals surface area contributed by atoms with Crippen LogP contribution < -0.4 is 0 Å². The molecule has 0 saturated heterocycles. The second-order valence-electron chi connectivity index (χ2n) is 2.34. The normalized spacial score (nSPS) is 10.9. The average molecular weight is 249 g/mol. The van der Waals surface area contributed by atoms with Gasteiger partial charge in [0, 0.05) is 26.0 Å². The van der Waals surface area contributed by atoms with Crippen molar-refractivity contribution < 1.29 is 8.78 Å². The van der Waals surface area contributed by atoms with Gasteiger partial charge in [0.05, 0.1) is 0 Å². The largest absolute Gasteiger partial charge is 0.207 e. The Morgan fingerprint density at radius 2 is 2.00 bits per heavy atom. The lowest BCUT2D eigenvalue weighted by molar-refractivity contribution is 0.592. The van der Waals surface area contributed by atoms with E-state index < -0.39 is 11.6 Å². The zero-order valence-corrected chi connectivity index (χ0v) is 8.18. The highest BCUT2D eigenvalue weighted by atomic mass is 79.9. The van der Waals surface area contributed by atoms with Gasteiger partial charge in [0.15, 0.2) is 0 Å². The van der Waals surface area contributed by atoms with Crippen molar-refractivity contribution in [3.05, 3.63) is 33.6 Å². The number of thiophene rings is 1. The Morgan fingerprint density at radius 1 is 1.25 bits per heavy atom. The molecule has 1 aromatic heterocycles. The molecule has 2 rings (SSSR count). The lowest BCUT2D eigenvalue weighted by atomic mass is 10.2. The summed E-state index contributed by atoms with van der Waals surface area (Å²) in [5.74, 6) is -1.05. The van der Waals surface area contributed by atoms with E-state index in [0.29, 0.717) is 14.6 Å². The highest BCUT2D eigenvalue weighted by Gasteiger charge is 2.08. The van der Waals surface area contributed by atoms with E-state index in [1.54, 1.807) is 5.38 Å². The fourth-order valence-corrected chi connectivity index (χ4v) is 2.72. The van der Waals surface area contributed by atoms with Crippen LogP contribution in [0, 0.1) is 11.6 Å². The summed E-state index contributed by atoms with van der Waals surface area (Å²) >= 11 is 4.51. The molecule has 0 unspecified atom stereocenters. The maximum atomic E-state index is 13.1. The van der Waals surface area contributed by atoms with Gasteiger partial charge in [-0.15, -0.1) is 11.3 Å². The van der Waals surface area contributed by atoms with Crippen LogP contribution in [0.3, 0.4) is 0 Å². The Balaban J connectivity index is 2.93. The Kier molecular flexibility index (Phi) is 1.88. The van der Waals surface area contributed by atoms with Gasteiger partial charge >= 0.3 is 0 Å². The van der Waals surface area contributed by atoms with Crippen LogP contribution in [-0.2, 0) is 0 Å². The molecule has 1 aromatic carbocycles. The molecule has 0 radical (unpaired) electrons. The van der Waals surface area contributed by atoms with Crippen LogP contribution in [0.4, 0.5) is 8.78 Å². The topological polar surface area (TPSA) is 0 Å². The summed E-state index contributed by atoms with van der Waals surface area (Å²) in [7, 11) is 0. The van der Waals surface area contributed by atoms with Crippen LogP contribution >= 0.6 is 27.3 Å². The smallest absolute Gasteiger partial charge is 0.135 e. The van der Waals surface area contributed by atoms with Crippen molar-refractivity contribution in [3.63, 3.8) is 0 Å². The van der Waals surface area contributed by atoms with Gasteiger partial charge in [0.1, 0.15) is 11.6 Å². The SMILES string of the molecule is Fc1cc(F)c2c(Br)csc2c1. The van der Waals surface area contributed by atoms with Gasteiger partial charge in [-0.1, -0.05) is 0 Å². The number of hydrogen-bond acceptors (Lipinski definition) is 1. The van der Waals surface area contributed by atoms with Gasteiger partial charge < -0.3 is 0 Å². The first kappa shape index (κ1) is 8.13. The summed E-state index contributed by atoms with van der Waals surface area (Å²) in [6.07, 6.45) is 0. The van der Waals surface area contributed by atoms with Crippen LogP contribution in [0.15, 0.2) is 22.0 Å². The Bertz CT molecular complexity index is 436. The fourth-order valence-electron chi connectivity index (χ4n) is 1.05. The maximum absolute atomic E-state index is 13.1. The first-order chi connectivity index (χ1) is 5.68. The minimum Gasteiger partial charge on any atom is -0.207 e. The van der Waals surface area contributed by atoms with E-state index >= 15 is 0 Å². The molecule has 0 atom stereocenters. The summed E-state index contributed by atoms with van der Waals surface area (Å²) in [5, 5.41) is 2.20. The van der Waals surface area contributed by atoms with E-state index in [4.69, 9.17) is 0 Å². The molecule has 0 fully saturated rings. The third kappa shape index (κ3) is 1.15. The molecule has 0 N–H and O–H groups in total. The minimum absolute atomic E-state index is 0.460. The van der Waals surface area contributed by atoms with Crippen molar-refractivity contribution in [1.29, 1.82) is 0 Å². The van der Waals surface area contributed by atoms with Crippen LogP contribution in [0.2, 0.25) is 0 Å². The van der Waals surface area contributed by atoms with Crippen molar-refractivity contribution >= 4 is 37.4 Å². The summed E-state index contributed by atoms with van der Waals surface area (Å²) in [4.78, 5) is 0. The molecule has 0 spiro atoms. The number of benzene rings is 1. The van der Waals surface area contributed by atoms with Crippen LogP contribution in [0.1, 0.15) is 0 Å². The Labute approximate surface area is 80.0 Å². The van der Waals surface area contributed by atoms with Gasteiger partial charge in [0.2, 0.25) is 0 Å². The van der Waals surface area contributed by atoms with Crippen molar-refractivity contribution in [2.45, 2.75) is 0 Å². The van der Waals surface area contributed by atoms with Crippen molar-refractivity contribution in [2.75, 3.05) is 0 Å². The highest BCUT2D eigenvalue weighted by molar-refractivity contribution is 9.10. The van der Waals surface area contributed by atoms with Crippen molar-refractivity contribution in [3.8, 4) is 0 Å². The minimum atomic E-state index is -0.533. The third-order valence-corrected chi connectivity index (χ3v) is 3.40. The Morgan fingerprint density at radius 3 is 2.75 bits per heavy atom.